The molecule has 1 unspecified atom stereocenters. The van der Waals surface area contributed by atoms with Crippen molar-refractivity contribution in [1.29, 1.82) is 0 Å². The van der Waals surface area contributed by atoms with E-state index < -0.39 is 33.5 Å². The van der Waals surface area contributed by atoms with Gasteiger partial charge in [-0.15, -0.1) is 0 Å². The maximum atomic E-state index is 13.7. The number of alkyl halides is 5. The topological polar surface area (TPSA) is 98.7 Å². The maximum Gasteiger partial charge on any atom is 0.490 e. The van der Waals surface area contributed by atoms with Gasteiger partial charge in [0.25, 0.3) is 0 Å². The Balaban J connectivity index is 0.000000587. The lowest BCUT2D eigenvalue weighted by Gasteiger charge is -2.32. The predicted octanol–water partition coefficient (Wildman–Crippen LogP) is 6.46. The molecule has 1 aliphatic heterocycles. The van der Waals surface area contributed by atoms with Crippen molar-refractivity contribution in [3.8, 4) is 0 Å². The molecule has 3 N–H and O–H groups in total. The van der Waals surface area contributed by atoms with Gasteiger partial charge >= 0.3 is 12.1 Å². The van der Waals surface area contributed by atoms with Crippen molar-refractivity contribution < 1.29 is 40.3 Å². The fourth-order valence-corrected chi connectivity index (χ4v) is 7.19. The zero-order valence-corrected chi connectivity index (χ0v) is 24.7. The van der Waals surface area contributed by atoms with Crippen LogP contribution < -0.4 is 10.0 Å². The number of piperidine rings is 1. The molecule has 1 saturated heterocycles. The Morgan fingerprint density at radius 2 is 1.85 bits per heavy atom. The van der Waals surface area contributed by atoms with Crippen molar-refractivity contribution in [1.82, 2.24) is 9.62 Å². The van der Waals surface area contributed by atoms with Crippen molar-refractivity contribution in [2.45, 2.75) is 62.6 Å². The van der Waals surface area contributed by atoms with Gasteiger partial charge in [-0.2, -0.15) is 24.5 Å². The number of rotatable bonds is 9. The fourth-order valence-electron chi connectivity index (χ4n) is 4.89. The maximum absolute atomic E-state index is 13.7. The van der Waals surface area contributed by atoms with Crippen molar-refractivity contribution in [2.24, 2.45) is 11.3 Å². The van der Waals surface area contributed by atoms with Crippen LogP contribution in [0.2, 0.25) is 5.02 Å². The van der Waals surface area contributed by atoms with Crippen LogP contribution in [-0.4, -0.2) is 62.7 Å². The van der Waals surface area contributed by atoms with Crippen LogP contribution in [0.3, 0.4) is 0 Å². The number of likely N-dealkylation sites (tertiary alicyclic amines) is 1. The van der Waals surface area contributed by atoms with E-state index in [0.29, 0.717) is 23.2 Å². The average molecular weight is 646 g/mol. The van der Waals surface area contributed by atoms with Crippen LogP contribution in [0.4, 0.5) is 27.6 Å². The Hall–Kier alpha value is -2.00. The van der Waals surface area contributed by atoms with Gasteiger partial charge in [0.05, 0.1) is 5.69 Å². The van der Waals surface area contributed by atoms with E-state index in [0.717, 1.165) is 32.5 Å². The molecule has 2 aliphatic rings. The molecule has 0 radical (unpaired) electrons. The molecule has 2 fully saturated rings. The summed E-state index contributed by atoms with van der Waals surface area (Å²) >= 11 is 7.83. The lowest BCUT2D eigenvalue weighted by molar-refractivity contribution is -0.192. The molecule has 1 aromatic carbocycles. The third-order valence-electron chi connectivity index (χ3n) is 7.22. The van der Waals surface area contributed by atoms with E-state index in [2.05, 4.69) is 31.8 Å². The Kier molecular flexibility index (Phi) is 11.1. The summed E-state index contributed by atoms with van der Waals surface area (Å²) in [6, 6.07) is 6.91. The summed E-state index contributed by atoms with van der Waals surface area (Å²) in [4.78, 5) is 11.4. The van der Waals surface area contributed by atoms with Crippen LogP contribution in [-0.2, 0) is 21.4 Å². The third-order valence-corrected chi connectivity index (χ3v) is 9.63. The molecule has 1 saturated carbocycles. The van der Waals surface area contributed by atoms with E-state index >= 15 is 0 Å². The molecule has 1 aromatic heterocycles. The van der Waals surface area contributed by atoms with Crippen molar-refractivity contribution in [3.63, 3.8) is 0 Å². The highest BCUT2D eigenvalue weighted by atomic mass is 35.5. The standard InChI is InChI=1S/C24H32ClF2N3O2S2.C2HF3O2/c1-23(7-8-24(26,27)16-23)17-29-34(31,32)22-12-20(25)2-3-21(22)28-13-18-4-9-30(10-5-18)14-19-6-11-33-15-19;3-2(4,5)1(6)7/h2-3,6,11-12,15,18,28-29H,4-5,7-10,13-14,16-17H2,1H3;(H,6,7). The van der Waals surface area contributed by atoms with E-state index in [9.17, 15) is 30.4 Å². The van der Waals surface area contributed by atoms with Crippen LogP contribution >= 0.6 is 22.9 Å². The van der Waals surface area contributed by atoms with Crippen LogP contribution in [0.1, 0.15) is 44.6 Å². The number of nitrogens with zero attached hydrogens (tertiary/aromatic N) is 1. The van der Waals surface area contributed by atoms with Crippen LogP contribution in [0.5, 0.6) is 0 Å². The summed E-state index contributed by atoms with van der Waals surface area (Å²) in [5.41, 5.74) is 1.07. The molecule has 1 aliphatic carbocycles. The summed E-state index contributed by atoms with van der Waals surface area (Å²) < 4.78 is 87.9. The largest absolute Gasteiger partial charge is 0.490 e. The van der Waals surface area contributed by atoms with Gasteiger partial charge < -0.3 is 10.4 Å². The van der Waals surface area contributed by atoms with Crippen LogP contribution in [0.15, 0.2) is 39.9 Å². The first kappa shape index (κ1) is 33.5. The summed E-state index contributed by atoms with van der Waals surface area (Å²) in [6.45, 7) is 5.34. The summed E-state index contributed by atoms with van der Waals surface area (Å²) in [5.74, 6) is -5.05. The lowest BCUT2D eigenvalue weighted by Crippen LogP contribution is -2.36. The highest BCUT2D eigenvalue weighted by Crippen LogP contribution is 2.46. The van der Waals surface area contributed by atoms with Gasteiger partial charge in [0, 0.05) is 37.5 Å². The Morgan fingerprint density at radius 1 is 1.20 bits per heavy atom. The summed E-state index contributed by atoms with van der Waals surface area (Å²) in [5, 5.41) is 15.0. The minimum absolute atomic E-state index is 0.0283. The number of thiophene rings is 1. The van der Waals surface area contributed by atoms with Crippen molar-refractivity contribution >= 4 is 44.6 Å². The monoisotopic (exact) mass is 645 g/mol. The van der Waals surface area contributed by atoms with E-state index in [1.165, 1.54) is 11.6 Å². The van der Waals surface area contributed by atoms with Gasteiger partial charge in [-0.25, -0.2) is 26.7 Å². The smallest absolute Gasteiger partial charge is 0.475 e. The Morgan fingerprint density at radius 3 is 2.39 bits per heavy atom. The molecule has 0 bridgehead atoms. The Bertz CT molecular complexity index is 1270. The molecule has 41 heavy (non-hydrogen) atoms. The quantitative estimate of drug-likeness (QED) is 0.271. The van der Waals surface area contributed by atoms with Gasteiger partial charge in [0.1, 0.15) is 4.90 Å². The van der Waals surface area contributed by atoms with Gasteiger partial charge in [0.15, 0.2) is 0 Å². The number of benzene rings is 1. The summed E-state index contributed by atoms with van der Waals surface area (Å²) in [6.07, 6.45) is -3.24. The van der Waals surface area contributed by atoms with E-state index in [-0.39, 0.29) is 30.7 Å². The van der Waals surface area contributed by atoms with Gasteiger partial charge in [-0.05, 0) is 84.3 Å². The molecule has 2 aromatic rings. The molecule has 0 spiro atoms. The molecule has 4 rings (SSSR count). The highest BCUT2D eigenvalue weighted by molar-refractivity contribution is 7.89. The number of halogens is 6. The summed E-state index contributed by atoms with van der Waals surface area (Å²) in [7, 11) is -3.92. The number of hydrogen-bond donors (Lipinski definition) is 3. The number of nitrogens with one attached hydrogen (secondary N) is 2. The molecule has 7 nitrogen and oxygen atoms in total. The molecule has 2 heterocycles. The lowest BCUT2D eigenvalue weighted by atomic mass is 9.89. The highest BCUT2D eigenvalue weighted by Gasteiger charge is 2.47. The SMILES string of the molecule is CC1(CNS(=O)(=O)c2cc(Cl)ccc2NCC2CCN(Cc3ccsc3)CC2)CCC(F)(F)C1.O=C(O)C(F)(F)F. The van der Waals surface area contributed by atoms with Crippen LogP contribution in [0, 0.1) is 11.3 Å². The third kappa shape index (κ3) is 10.3. The van der Waals surface area contributed by atoms with Gasteiger partial charge in [-0.3, -0.25) is 4.90 Å². The minimum Gasteiger partial charge on any atom is -0.475 e. The number of aliphatic carboxylic acids is 1. The molecule has 0 amide bonds. The number of carboxylic acids is 1. The molecular weight excluding hydrogens is 613 g/mol. The fraction of sp³-hybridized carbons (Fsp3) is 0.577. The van der Waals surface area contributed by atoms with Crippen LogP contribution in [0.25, 0.3) is 0 Å². The van der Waals surface area contributed by atoms with E-state index in [1.807, 2.05) is 0 Å². The molecule has 1 atom stereocenters. The first-order valence-corrected chi connectivity index (χ1v) is 15.7. The molecule has 15 heteroatoms. The van der Waals surface area contributed by atoms with Gasteiger partial charge in [0.2, 0.25) is 15.9 Å². The minimum atomic E-state index is -5.08. The van der Waals surface area contributed by atoms with Crippen molar-refractivity contribution in [3.05, 3.63) is 45.6 Å². The molecule has 230 valence electrons. The second kappa shape index (κ2) is 13.5. The zero-order valence-electron chi connectivity index (χ0n) is 22.3. The predicted molar refractivity (Wildman–Crippen MR) is 148 cm³/mol. The van der Waals surface area contributed by atoms with Crippen molar-refractivity contribution in [2.75, 3.05) is 31.5 Å². The zero-order chi connectivity index (χ0) is 30.5. The Labute approximate surface area is 245 Å². The normalized spacial score (nSPS) is 21.7. The number of carbonyl (C=O) groups is 1. The second-order valence-corrected chi connectivity index (χ2v) is 13.8. The molecular formula is C26H33ClF5N3O4S2. The van der Waals surface area contributed by atoms with E-state index in [4.69, 9.17) is 21.5 Å². The number of anilines is 1. The number of sulfonamides is 1. The number of carboxylic acid groups (broad SMARTS) is 1. The average Bonchev–Trinajstić information content (AvgIpc) is 3.49. The first-order chi connectivity index (χ1) is 19.0. The first-order valence-electron chi connectivity index (χ1n) is 12.9. The van der Waals surface area contributed by atoms with Gasteiger partial charge in [-0.1, -0.05) is 18.5 Å². The second-order valence-electron chi connectivity index (χ2n) is 10.8. The van der Waals surface area contributed by atoms with E-state index in [1.54, 1.807) is 30.4 Å². The number of hydrogen-bond acceptors (Lipinski definition) is 6.